The molecule has 0 spiro atoms. The zero-order valence-corrected chi connectivity index (χ0v) is 28.7. The van der Waals surface area contributed by atoms with E-state index in [-0.39, 0.29) is 40.6 Å². The largest absolute Gasteiger partial charge is 0.496 e. The lowest BCUT2D eigenvalue weighted by molar-refractivity contribution is -0.261. The number of hydrogen-bond acceptors (Lipinski definition) is 11. The lowest BCUT2D eigenvalue weighted by Crippen LogP contribution is -2.64. The van der Waals surface area contributed by atoms with E-state index in [9.17, 15) is 29.7 Å². The molecule has 2 aromatic rings. The van der Waals surface area contributed by atoms with Crippen molar-refractivity contribution in [2.75, 3.05) is 26.1 Å². The Morgan fingerprint density at radius 2 is 1.67 bits per heavy atom. The van der Waals surface area contributed by atoms with Crippen molar-refractivity contribution in [2.45, 2.75) is 102 Å². The first-order valence-electron chi connectivity index (χ1n) is 15.8. The maximum absolute atomic E-state index is 13.2. The molecule has 13 nitrogen and oxygen atoms in total. The first-order chi connectivity index (χ1) is 22.8. The molecule has 1 fully saturated rings. The number of halogens is 1. The molecular weight excluding hydrogens is 648 g/mol. The molecule has 14 heteroatoms. The maximum atomic E-state index is 13.2. The van der Waals surface area contributed by atoms with E-state index in [4.69, 9.17) is 35.3 Å². The number of ether oxygens (including phenoxy) is 5. The third-order valence-corrected chi connectivity index (χ3v) is 7.76. The number of aliphatic hydroxyl groups is 3. The highest BCUT2D eigenvalue weighted by molar-refractivity contribution is 6.32. The molecule has 1 aliphatic rings. The summed E-state index contributed by atoms with van der Waals surface area (Å²) in [6.45, 7) is 5.07. The van der Waals surface area contributed by atoms with Crippen LogP contribution < -0.4 is 20.1 Å². The number of aliphatic hydroxyl groups excluding tert-OH is 3. The minimum absolute atomic E-state index is 0.0309. The number of methoxy groups -OCH3 is 2. The number of esters is 1. The molecule has 0 saturated carbocycles. The van der Waals surface area contributed by atoms with Gasteiger partial charge >= 0.3 is 5.97 Å². The van der Waals surface area contributed by atoms with Gasteiger partial charge in [0.2, 0.25) is 5.91 Å². The number of amides is 2. The van der Waals surface area contributed by atoms with Gasteiger partial charge in [0, 0.05) is 31.7 Å². The monoisotopic (exact) mass is 694 g/mol. The summed E-state index contributed by atoms with van der Waals surface area (Å²) < 4.78 is 27.3. The molecule has 1 heterocycles. The summed E-state index contributed by atoms with van der Waals surface area (Å²) in [5.41, 5.74) is 0.907. The molecule has 2 amide bonds. The Morgan fingerprint density at radius 3 is 2.31 bits per heavy atom. The summed E-state index contributed by atoms with van der Waals surface area (Å²) in [4.78, 5) is 37.5. The Balaban J connectivity index is 1.52. The summed E-state index contributed by atoms with van der Waals surface area (Å²) in [5.74, 6) is -0.642. The summed E-state index contributed by atoms with van der Waals surface area (Å²) in [6.07, 6.45) is -1.39. The predicted octanol–water partition coefficient (Wildman–Crippen LogP) is 3.73. The minimum atomic E-state index is -1.49. The van der Waals surface area contributed by atoms with E-state index in [2.05, 4.69) is 10.6 Å². The van der Waals surface area contributed by atoms with Crippen molar-refractivity contribution in [1.82, 2.24) is 5.32 Å². The predicted molar refractivity (Wildman–Crippen MR) is 177 cm³/mol. The van der Waals surface area contributed by atoms with Gasteiger partial charge < -0.3 is 49.6 Å². The van der Waals surface area contributed by atoms with Crippen LogP contribution in [0.1, 0.15) is 75.2 Å². The first kappa shape index (κ1) is 39.0. The summed E-state index contributed by atoms with van der Waals surface area (Å²) in [6, 6.07) is 8.81. The molecule has 1 aliphatic heterocycles. The molecule has 5 atom stereocenters. The number of hydrogen-bond donors (Lipinski definition) is 5. The molecule has 0 aromatic heterocycles. The molecule has 0 unspecified atom stereocenters. The van der Waals surface area contributed by atoms with Crippen LogP contribution in [-0.2, 0) is 30.4 Å². The van der Waals surface area contributed by atoms with Crippen molar-refractivity contribution in [3.63, 3.8) is 0 Å². The molecule has 5 N–H and O–H groups in total. The van der Waals surface area contributed by atoms with E-state index in [1.165, 1.54) is 26.4 Å². The Bertz CT molecular complexity index is 1380. The number of anilines is 1. The topological polar surface area (TPSA) is 182 Å². The second kappa shape index (κ2) is 18.3. The number of rotatable bonds is 16. The second-order valence-electron chi connectivity index (χ2n) is 12.5. The molecule has 48 heavy (non-hydrogen) atoms. The van der Waals surface area contributed by atoms with Crippen LogP contribution in [0.3, 0.4) is 0 Å². The lowest BCUT2D eigenvalue weighted by atomic mass is 9.96. The molecule has 266 valence electrons. The Kier molecular flexibility index (Phi) is 14.9. The lowest BCUT2D eigenvalue weighted by Gasteiger charge is -2.41. The highest BCUT2D eigenvalue weighted by atomic mass is 35.5. The molecule has 0 radical (unpaired) electrons. The van der Waals surface area contributed by atoms with Crippen molar-refractivity contribution in [3.05, 3.63) is 52.5 Å². The quantitative estimate of drug-likeness (QED) is 0.128. The van der Waals surface area contributed by atoms with Crippen LogP contribution in [0.5, 0.6) is 11.5 Å². The van der Waals surface area contributed by atoms with Crippen LogP contribution in [0.25, 0.3) is 0 Å². The fourth-order valence-corrected chi connectivity index (χ4v) is 5.30. The van der Waals surface area contributed by atoms with Gasteiger partial charge in [-0.3, -0.25) is 14.4 Å². The van der Waals surface area contributed by atoms with Gasteiger partial charge in [0.25, 0.3) is 5.91 Å². The van der Waals surface area contributed by atoms with Crippen molar-refractivity contribution >= 4 is 35.1 Å². The summed E-state index contributed by atoms with van der Waals surface area (Å²) in [5, 5.41) is 35.8. The van der Waals surface area contributed by atoms with E-state index in [1.807, 2.05) is 26.8 Å². The van der Waals surface area contributed by atoms with Crippen molar-refractivity contribution in [1.29, 1.82) is 0 Å². The third-order valence-electron chi connectivity index (χ3n) is 7.47. The molecule has 2 aromatic carbocycles. The standard InChI is InChI=1S/C34H47ClN2O11/c1-34(2,3)48-28(40)14-9-7-6-8-13-27(39)36-21-12-10-11-20(15-21)19-46-25-17-24(44-4)22(16-23(25)35)32(43)37-29-31(42)30(41)26(18-38)47-33(29)45-5/h10-12,15-17,26,29-31,33,38,41-42H,6-9,13-14,18-19H2,1-5H3,(H,36,39)(H,37,43)/t26-,29-,30-,31-,33+/m1/s1. The van der Waals surface area contributed by atoms with Crippen molar-refractivity contribution < 1.29 is 53.4 Å². The zero-order chi connectivity index (χ0) is 35.4. The smallest absolute Gasteiger partial charge is 0.306 e. The molecular formula is C34H47ClN2O11. The first-order valence-corrected chi connectivity index (χ1v) is 16.2. The number of carbonyl (C=O) groups excluding carboxylic acids is 3. The van der Waals surface area contributed by atoms with Gasteiger partial charge in [-0.2, -0.15) is 0 Å². The van der Waals surface area contributed by atoms with Gasteiger partial charge in [0.1, 0.15) is 48.1 Å². The average Bonchev–Trinajstić information content (AvgIpc) is 3.03. The van der Waals surface area contributed by atoms with Crippen LogP contribution in [0, 0.1) is 0 Å². The van der Waals surface area contributed by atoms with Crippen molar-refractivity contribution in [2.24, 2.45) is 0 Å². The van der Waals surface area contributed by atoms with Gasteiger partial charge in [-0.25, -0.2) is 0 Å². The SMILES string of the molecule is COc1cc(OCc2cccc(NC(=O)CCCCCCC(=O)OC(C)(C)C)c2)c(Cl)cc1C(=O)N[C@H]1[C@@H](OC)O[C@H](CO)[C@@H](O)[C@@H]1O. The Labute approximate surface area is 285 Å². The van der Waals surface area contributed by atoms with Gasteiger partial charge in [0.05, 0.1) is 24.3 Å². The summed E-state index contributed by atoms with van der Waals surface area (Å²) >= 11 is 6.47. The van der Waals surface area contributed by atoms with E-state index in [0.29, 0.717) is 24.9 Å². The number of benzene rings is 2. The highest BCUT2D eigenvalue weighted by Crippen LogP contribution is 2.34. The van der Waals surface area contributed by atoms with Crippen LogP contribution in [0.15, 0.2) is 36.4 Å². The van der Waals surface area contributed by atoms with Gasteiger partial charge in [-0.15, -0.1) is 0 Å². The zero-order valence-electron chi connectivity index (χ0n) is 28.0. The fourth-order valence-electron chi connectivity index (χ4n) is 5.08. The molecule has 0 aliphatic carbocycles. The molecule has 0 bridgehead atoms. The van der Waals surface area contributed by atoms with Gasteiger partial charge in [0.15, 0.2) is 6.29 Å². The number of nitrogens with one attached hydrogen (secondary N) is 2. The van der Waals surface area contributed by atoms with Crippen LogP contribution in [0.2, 0.25) is 5.02 Å². The van der Waals surface area contributed by atoms with Gasteiger partial charge in [-0.1, -0.05) is 36.6 Å². The van der Waals surface area contributed by atoms with Crippen LogP contribution >= 0.6 is 11.6 Å². The van der Waals surface area contributed by atoms with Gasteiger partial charge in [-0.05, 0) is 57.4 Å². The molecule has 1 saturated heterocycles. The van der Waals surface area contributed by atoms with Crippen molar-refractivity contribution in [3.8, 4) is 11.5 Å². The fraction of sp³-hybridized carbons (Fsp3) is 0.559. The highest BCUT2D eigenvalue weighted by Gasteiger charge is 2.45. The van der Waals surface area contributed by atoms with E-state index in [0.717, 1.165) is 24.8 Å². The average molecular weight is 695 g/mol. The van der Waals surface area contributed by atoms with E-state index >= 15 is 0 Å². The van der Waals surface area contributed by atoms with Crippen LogP contribution in [0.4, 0.5) is 5.69 Å². The Hall–Kier alpha value is -3.46. The van der Waals surface area contributed by atoms with E-state index in [1.54, 1.807) is 18.2 Å². The van der Waals surface area contributed by atoms with E-state index < -0.39 is 48.8 Å². The second-order valence-corrected chi connectivity index (χ2v) is 12.9. The Morgan fingerprint density at radius 1 is 0.958 bits per heavy atom. The number of unbranched alkanes of at least 4 members (excludes halogenated alkanes) is 3. The minimum Gasteiger partial charge on any atom is -0.496 e. The summed E-state index contributed by atoms with van der Waals surface area (Å²) in [7, 11) is 2.67. The number of carbonyl (C=O) groups is 3. The third kappa shape index (κ3) is 11.6. The maximum Gasteiger partial charge on any atom is 0.306 e. The molecule has 3 rings (SSSR count). The normalized spacial score (nSPS) is 20.9. The van der Waals surface area contributed by atoms with Crippen LogP contribution in [-0.4, -0.2) is 90.2 Å².